The van der Waals surface area contributed by atoms with E-state index in [4.69, 9.17) is 4.42 Å². The smallest absolute Gasteiger partial charge is 0.120 e. The second-order valence-corrected chi connectivity index (χ2v) is 7.30. The quantitative estimate of drug-likeness (QED) is 0.860. The lowest BCUT2D eigenvalue weighted by atomic mass is 9.95. The summed E-state index contributed by atoms with van der Waals surface area (Å²) in [6, 6.07) is 2.90. The second kappa shape index (κ2) is 7.46. The van der Waals surface area contributed by atoms with Crippen molar-refractivity contribution in [3.8, 4) is 0 Å². The van der Waals surface area contributed by atoms with Crippen molar-refractivity contribution in [2.75, 3.05) is 13.1 Å². The Labute approximate surface area is 130 Å². The molecular formula is C18H32N2O. The van der Waals surface area contributed by atoms with Gasteiger partial charge in [-0.25, -0.2) is 0 Å². The Hall–Kier alpha value is -0.800. The summed E-state index contributed by atoms with van der Waals surface area (Å²) >= 11 is 0. The maximum absolute atomic E-state index is 6.08. The zero-order valence-corrected chi connectivity index (χ0v) is 14.4. The van der Waals surface area contributed by atoms with E-state index in [0.29, 0.717) is 12.0 Å². The van der Waals surface area contributed by atoms with Crippen LogP contribution in [-0.4, -0.2) is 24.0 Å². The first-order chi connectivity index (χ1) is 9.95. The van der Waals surface area contributed by atoms with E-state index in [1.165, 1.54) is 24.9 Å². The van der Waals surface area contributed by atoms with Crippen molar-refractivity contribution in [1.82, 2.24) is 10.2 Å². The molecule has 2 atom stereocenters. The van der Waals surface area contributed by atoms with Crippen LogP contribution in [0.15, 0.2) is 10.5 Å². The van der Waals surface area contributed by atoms with Crippen LogP contribution in [0.25, 0.3) is 0 Å². The van der Waals surface area contributed by atoms with Crippen molar-refractivity contribution in [2.24, 2.45) is 11.8 Å². The van der Waals surface area contributed by atoms with E-state index in [1.54, 1.807) is 0 Å². The van der Waals surface area contributed by atoms with Crippen LogP contribution in [0.1, 0.15) is 57.6 Å². The Balaban J connectivity index is 1.91. The lowest BCUT2D eigenvalue weighted by Gasteiger charge is -2.36. The van der Waals surface area contributed by atoms with Crippen molar-refractivity contribution < 1.29 is 4.42 Å². The minimum absolute atomic E-state index is 0.675. The van der Waals surface area contributed by atoms with E-state index in [-0.39, 0.29) is 0 Å². The van der Waals surface area contributed by atoms with Gasteiger partial charge in [0.2, 0.25) is 0 Å². The number of aryl methyl sites for hydroxylation is 1. The summed E-state index contributed by atoms with van der Waals surface area (Å²) in [6.45, 7) is 15.3. The number of furan rings is 1. The Bertz CT molecular complexity index is 438. The van der Waals surface area contributed by atoms with Crippen LogP contribution in [0.2, 0.25) is 0 Å². The summed E-state index contributed by atoms with van der Waals surface area (Å²) in [4.78, 5) is 2.57. The molecule has 2 heterocycles. The van der Waals surface area contributed by atoms with Gasteiger partial charge in [0.25, 0.3) is 0 Å². The van der Waals surface area contributed by atoms with E-state index >= 15 is 0 Å². The highest BCUT2D eigenvalue weighted by molar-refractivity contribution is 5.20. The summed E-state index contributed by atoms with van der Waals surface area (Å²) in [6.07, 6.45) is 2.67. The number of piperidine rings is 1. The van der Waals surface area contributed by atoms with Crippen LogP contribution >= 0.6 is 0 Å². The van der Waals surface area contributed by atoms with E-state index in [2.05, 4.69) is 50.9 Å². The van der Waals surface area contributed by atoms with Crippen LogP contribution < -0.4 is 5.32 Å². The molecule has 0 amide bonds. The van der Waals surface area contributed by atoms with Crippen molar-refractivity contribution in [3.63, 3.8) is 0 Å². The predicted molar refractivity (Wildman–Crippen MR) is 88.3 cm³/mol. The Morgan fingerprint density at radius 2 is 2.10 bits per heavy atom. The molecule has 2 unspecified atom stereocenters. The van der Waals surface area contributed by atoms with E-state index in [0.717, 1.165) is 37.1 Å². The van der Waals surface area contributed by atoms with Gasteiger partial charge in [0.05, 0.1) is 13.1 Å². The molecule has 1 fully saturated rings. The molecule has 1 aliphatic rings. The number of hydrogen-bond acceptors (Lipinski definition) is 3. The van der Waals surface area contributed by atoms with Gasteiger partial charge in [0.1, 0.15) is 11.5 Å². The maximum atomic E-state index is 6.08. The molecule has 1 aromatic heterocycles. The molecule has 120 valence electrons. The van der Waals surface area contributed by atoms with Crippen molar-refractivity contribution in [3.05, 3.63) is 23.2 Å². The molecule has 3 nitrogen and oxygen atoms in total. The fourth-order valence-corrected chi connectivity index (χ4v) is 3.12. The highest BCUT2D eigenvalue weighted by Crippen LogP contribution is 2.24. The maximum Gasteiger partial charge on any atom is 0.120 e. The minimum Gasteiger partial charge on any atom is -0.463 e. The van der Waals surface area contributed by atoms with E-state index in [9.17, 15) is 0 Å². The molecule has 0 aliphatic carbocycles. The summed E-state index contributed by atoms with van der Waals surface area (Å²) in [5.41, 5.74) is 1.28. The average molecular weight is 292 g/mol. The molecule has 0 radical (unpaired) electrons. The third-order valence-electron chi connectivity index (χ3n) is 4.52. The SMILES string of the molecule is Cc1cc(CN2CC(C)CCC2C)oc1CNCC(C)C. The molecule has 2 rings (SSSR count). The predicted octanol–water partition coefficient (Wildman–Crippen LogP) is 3.95. The van der Waals surface area contributed by atoms with Crippen LogP contribution in [0.4, 0.5) is 0 Å². The molecule has 1 aliphatic heterocycles. The Kier molecular flexibility index (Phi) is 5.88. The molecule has 0 bridgehead atoms. The third kappa shape index (κ3) is 4.86. The van der Waals surface area contributed by atoms with Crippen molar-refractivity contribution in [1.29, 1.82) is 0 Å². The number of likely N-dealkylation sites (tertiary alicyclic amines) is 1. The minimum atomic E-state index is 0.675. The third-order valence-corrected chi connectivity index (χ3v) is 4.52. The summed E-state index contributed by atoms with van der Waals surface area (Å²) in [5.74, 6) is 3.71. The average Bonchev–Trinajstić information content (AvgIpc) is 2.74. The van der Waals surface area contributed by atoms with Crippen molar-refractivity contribution >= 4 is 0 Å². The first-order valence-electron chi connectivity index (χ1n) is 8.48. The molecule has 1 saturated heterocycles. The van der Waals surface area contributed by atoms with Crippen molar-refractivity contribution in [2.45, 2.75) is 66.6 Å². The molecule has 0 aromatic carbocycles. The fraction of sp³-hybridized carbons (Fsp3) is 0.778. The number of rotatable bonds is 6. The number of nitrogens with one attached hydrogen (secondary N) is 1. The largest absolute Gasteiger partial charge is 0.463 e. The van der Waals surface area contributed by atoms with Gasteiger partial charge in [-0.1, -0.05) is 20.8 Å². The van der Waals surface area contributed by atoms with Gasteiger partial charge in [0, 0.05) is 12.6 Å². The molecule has 0 spiro atoms. The zero-order valence-electron chi connectivity index (χ0n) is 14.4. The number of nitrogens with zero attached hydrogens (tertiary/aromatic N) is 1. The van der Waals surface area contributed by atoms with Crippen LogP contribution in [0.3, 0.4) is 0 Å². The highest BCUT2D eigenvalue weighted by Gasteiger charge is 2.24. The molecule has 3 heteroatoms. The second-order valence-electron chi connectivity index (χ2n) is 7.30. The summed E-state index contributed by atoms with van der Waals surface area (Å²) < 4.78 is 6.08. The lowest BCUT2D eigenvalue weighted by molar-refractivity contribution is 0.108. The highest BCUT2D eigenvalue weighted by atomic mass is 16.3. The van der Waals surface area contributed by atoms with E-state index in [1.807, 2.05) is 0 Å². The summed E-state index contributed by atoms with van der Waals surface area (Å²) in [7, 11) is 0. The van der Waals surface area contributed by atoms with Crippen LogP contribution in [0.5, 0.6) is 0 Å². The topological polar surface area (TPSA) is 28.4 Å². The molecule has 0 saturated carbocycles. The lowest BCUT2D eigenvalue weighted by Crippen LogP contribution is -2.40. The fourth-order valence-electron chi connectivity index (χ4n) is 3.12. The van der Waals surface area contributed by atoms with Crippen LogP contribution in [0, 0.1) is 18.8 Å². The number of hydrogen-bond donors (Lipinski definition) is 1. The molecule has 1 N–H and O–H groups in total. The zero-order chi connectivity index (χ0) is 15.4. The van der Waals surface area contributed by atoms with Gasteiger partial charge in [-0.05, 0) is 56.7 Å². The Morgan fingerprint density at radius 3 is 2.81 bits per heavy atom. The Morgan fingerprint density at radius 1 is 1.33 bits per heavy atom. The first-order valence-corrected chi connectivity index (χ1v) is 8.48. The molecule has 1 aromatic rings. The normalized spacial score (nSPS) is 23.9. The van der Waals surface area contributed by atoms with Gasteiger partial charge >= 0.3 is 0 Å². The first kappa shape index (κ1) is 16.6. The van der Waals surface area contributed by atoms with Gasteiger partial charge in [-0.3, -0.25) is 4.90 Å². The monoisotopic (exact) mass is 292 g/mol. The molecule has 21 heavy (non-hydrogen) atoms. The summed E-state index contributed by atoms with van der Waals surface area (Å²) in [5, 5.41) is 3.47. The van der Waals surface area contributed by atoms with E-state index < -0.39 is 0 Å². The van der Waals surface area contributed by atoms with Gasteiger partial charge < -0.3 is 9.73 Å². The molecular weight excluding hydrogens is 260 g/mol. The van der Waals surface area contributed by atoms with Gasteiger partial charge in [-0.2, -0.15) is 0 Å². The van der Waals surface area contributed by atoms with Crippen LogP contribution in [-0.2, 0) is 13.1 Å². The standard InChI is InChI=1S/C18H32N2O/c1-13(2)9-19-10-18-15(4)8-17(21-18)12-20-11-14(3)6-7-16(20)5/h8,13-14,16,19H,6-7,9-12H2,1-5H3. The van der Waals surface area contributed by atoms with Gasteiger partial charge in [0.15, 0.2) is 0 Å². The van der Waals surface area contributed by atoms with Gasteiger partial charge in [-0.15, -0.1) is 0 Å².